The fraction of sp³-hybridized carbons (Fsp3) is 0.400. The average Bonchev–Trinajstić information content (AvgIpc) is 3.13. The van der Waals surface area contributed by atoms with E-state index in [9.17, 15) is 4.79 Å². The number of aromatic nitrogens is 3. The molecule has 0 bridgehead atoms. The summed E-state index contributed by atoms with van der Waals surface area (Å²) in [7, 11) is 3.30. The number of terminal acetylenes is 1. The number of carbonyl (C=O) groups excluding carboxylic acids is 1. The van der Waals surface area contributed by atoms with E-state index in [1.54, 1.807) is 32.4 Å². The van der Waals surface area contributed by atoms with Crippen LogP contribution in [0.1, 0.15) is 23.6 Å². The topological polar surface area (TPSA) is 105 Å². The molecule has 0 saturated carbocycles. The first-order chi connectivity index (χ1) is 14.1. The molecular formula is C20H25N7O2. The molecule has 2 heterocycles. The van der Waals surface area contributed by atoms with Crippen molar-refractivity contribution in [1.29, 1.82) is 0 Å². The van der Waals surface area contributed by atoms with Crippen LogP contribution in [0.4, 0.5) is 5.69 Å². The minimum atomic E-state index is -0.187. The Hall–Kier alpha value is -3.38. The highest BCUT2D eigenvalue weighted by Crippen LogP contribution is 2.13. The van der Waals surface area contributed by atoms with Gasteiger partial charge < -0.3 is 20.7 Å². The second-order valence-electron chi connectivity index (χ2n) is 6.64. The molecule has 3 rings (SSSR count). The second-order valence-corrected chi connectivity index (χ2v) is 6.64. The summed E-state index contributed by atoms with van der Waals surface area (Å²) in [5.74, 6) is 4.57. The van der Waals surface area contributed by atoms with E-state index in [1.165, 1.54) is 0 Å². The van der Waals surface area contributed by atoms with Crippen LogP contribution in [0.2, 0.25) is 0 Å². The number of guanidine groups is 1. The summed E-state index contributed by atoms with van der Waals surface area (Å²) in [4.78, 5) is 20.9. The molecule has 0 fully saturated rings. The molecule has 1 aromatic heterocycles. The van der Waals surface area contributed by atoms with Crippen molar-refractivity contribution < 1.29 is 9.53 Å². The van der Waals surface area contributed by atoms with Gasteiger partial charge in [-0.3, -0.25) is 9.79 Å². The van der Waals surface area contributed by atoms with Crippen LogP contribution in [0.25, 0.3) is 0 Å². The predicted octanol–water partition coefficient (Wildman–Crippen LogP) is 0.524. The Kier molecular flexibility index (Phi) is 6.81. The van der Waals surface area contributed by atoms with Gasteiger partial charge in [0.1, 0.15) is 12.4 Å². The summed E-state index contributed by atoms with van der Waals surface area (Å²) in [5.41, 5.74) is 1.37. The maximum Gasteiger partial charge on any atom is 0.243 e. The number of hydrogen-bond acceptors (Lipinski definition) is 5. The second kappa shape index (κ2) is 9.71. The van der Waals surface area contributed by atoms with Gasteiger partial charge in [0.2, 0.25) is 5.91 Å². The van der Waals surface area contributed by atoms with Crippen molar-refractivity contribution in [3.8, 4) is 12.3 Å². The van der Waals surface area contributed by atoms with E-state index in [2.05, 4.69) is 36.9 Å². The molecule has 0 spiro atoms. The molecule has 3 N–H and O–H groups in total. The fourth-order valence-corrected chi connectivity index (χ4v) is 3.11. The van der Waals surface area contributed by atoms with E-state index in [-0.39, 0.29) is 18.5 Å². The van der Waals surface area contributed by atoms with Gasteiger partial charge in [-0.1, -0.05) is 12.0 Å². The number of benzene rings is 1. The maximum atomic E-state index is 12.2. The minimum absolute atomic E-state index is 0.0826. The zero-order valence-corrected chi connectivity index (χ0v) is 16.6. The SMILES string of the molecule is C#Cc1cccc(NC(=O)CNC(=NC)NC2CCc3nc(COC)nn3C2)c1. The monoisotopic (exact) mass is 395 g/mol. The van der Waals surface area contributed by atoms with E-state index < -0.39 is 0 Å². The van der Waals surface area contributed by atoms with E-state index in [4.69, 9.17) is 11.2 Å². The van der Waals surface area contributed by atoms with Crippen LogP contribution in [-0.4, -0.2) is 53.4 Å². The number of aliphatic imine (C=N–C) groups is 1. The number of anilines is 1. The van der Waals surface area contributed by atoms with Crippen molar-refractivity contribution in [2.24, 2.45) is 4.99 Å². The number of rotatable bonds is 6. The molecule has 152 valence electrons. The van der Waals surface area contributed by atoms with Crippen LogP contribution < -0.4 is 16.0 Å². The molecule has 1 atom stereocenters. The molecule has 1 amide bonds. The number of nitrogens with zero attached hydrogens (tertiary/aromatic N) is 4. The molecule has 1 aromatic carbocycles. The summed E-state index contributed by atoms with van der Waals surface area (Å²) in [5, 5.41) is 13.6. The van der Waals surface area contributed by atoms with Gasteiger partial charge in [-0.05, 0) is 24.6 Å². The largest absolute Gasteiger partial charge is 0.377 e. The number of methoxy groups -OCH3 is 1. The highest BCUT2D eigenvalue weighted by atomic mass is 16.5. The maximum absolute atomic E-state index is 12.2. The first kappa shape index (κ1) is 20.4. The number of aryl methyl sites for hydroxylation is 1. The third-order valence-electron chi connectivity index (χ3n) is 4.47. The van der Waals surface area contributed by atoms with E-state index in [1.807, 2.05) is 10.7 Å². The minimum Gasteiger partial charge on any atom is -0.377 e. The van der Waals surface area contributed by atoms with Crippen molar-refractivity contribution >= 4 is 17.6 Å². The Labute approximate surface area is 170 Å². The van der Waals surface area contributed by atoms with E-state index >= 15 is 0 Å². The number of carbonyl (C=O) groups is 1. The lowest BCUT2D eigenvalue weighted by Crippen LogP contribution is -2.48. The number of ether oxygens (including phenoxy) is 1. The highest BCUT2D eigenvalue weighted by Gasteiger charge is 2.22. The van der Waals surface area contributed by atoms with Crippen LogP contribution in [0.15, 0.2) is 29.3 Å². The Morgan fingerprint density at radius 1 is 1.48 bits per heavy atom. The summed E-state index contributed by atoms with van der Waals surface area (Å²) in [6, 6.07) is 7.30. The average molecular weight is 395 g/mol. The predicted molar refractivity (Wildman–Crippen MR) is 110 cm³/mol. The van der Waals surface area contributed by atoms with Crippen molar-refractivity contribution in [1.82, 2.24) is 25.4 Å². The first-order valence-corrected chi connectivity index (χ1v) is 9.36. The van der Waals surface area contributed by atoms with Crippen molar-refractivity contribution in [2.75, 3.05) is 26.0 Å². The smallest absolute Gasteiger partial charge is 0.243 e. The Morgan fingerprint density at radius 2 is 2.34 bits per heavy atom. The lowest BCUT2D eigenvalue weighted by Gasteiger charge is -2.25. The number of fused-ring (bicyclic) bond motifs is 1. The van der Waals surface area contributed by atoms with Crippen LogP contribution >= 0.6 is 0 Å². The number of hydrogen-bond donors (Lipinski definition) is 3. The number of amides is 1. The standard InChI is InChI=1S/C20H25N7O2/c1-4-14-6-5-7-15(10-14)23-19(28)11-22-20(21-2)24-16-8-9-18-25-17(13-29-3)26-27(18)12-16/h1,5-7,10,16H,8-9,11-13H2,2-3H3,(H,23,28)(H2,21,22,24). The van der Waals surface area contributed by atoms with Gasteiger partial charge in [0.15, 0.2) is 11.8 Å². The van der Waals surface area contributed by atoms with Crippen molar-refractivity contribution in [3.63, 3.8) is 0 Å². The first-order valence-electron chi connectivity index (χ1n) is 9.36. The summed E-state index contributed by atoms with van der Waals surface area (Å²) >= 11 is 0. The molecule has 1 unspecified atom stereocenters. The van der Waals surface area contributed by atoms with E-state index in [0.29, 0.717) is 36.2 Å². The van der Waals surface area contributed by atoms with E-state index in [0.717, 1.165) is 18.7 Å². The molecule has 29 heavy (non-hydrogen) atoms. The Morgan fingerprint density at radius 3 is 3.10 bits per heavy atom. The number of nitrogens with one attached hydrogen (secondary N) is 3. The van der Waals surface area contributed by atoms with Gasteiger partial charge in [0.25, 0.3) is 0 Å². The highest BCUT2D eigenvalue weighted by molar-refractivity contribution is 5.95. The molecule has 9 nitrogen and oxygen atoms in total. The van der Waals surface area contributed by atoms with Crippen LogP contribution in [0, 0.1) is 12.3 Å². The molecule has 0 radical (unpaired) electrons. The molecule has 1 aliphatic heterocycles. The summed E-state index contributed by atoms with van der Waals surface area (Å²) in [6.07, 6.45) is 7.10. The molecule has 0 aliphatic carbocycles. The van der Waals surface area contributed by atoms with Crippen LogP contribution in [-0.2, 0) is 29.1 Å². The summed E-state index contributed by atoms with van der Waals surface area (Å²) in [6.45, 7) is 1.16. The van der Waals surface area contributed by atoms with Gasteiger partial charge in [-0.2, -0.15) is 5.10 Å². The van der Waals surface area contributed by atoms with Crippen molar-refractivity contribution in [3.05, 3.63) is 41.5 Å². The van der Waals surface area contributed by atoms with Gasteiger partial charge in [-0.15, -0.1) is 6.42 Å². The third kappa shape index (κ3) is 5.56. The fourth-order valence-electron chi connectivity index (χ4n) is 3.11. The van der Waals surface area contributed by atoms with Gasteiger partial charge in [0.05, 0.1) is 13.1 Å². The zero-order chi connectivity index (χ0) is 20.6. The van der Waals surface area contributed by atoms with Crippen LogP contribution in [0.3, 0.4) is 0 Å². The van der Waals surface area contributed by atoms with Gasteiger partial charge in [0, 0.05) is 37.9 Å². The Bertz CT molecular complexity index is 929. The molecule has 1 aliphatic rings. The molecule has 0 saturated heterocycles. The Balaban J connectivity index is 1.49. The van der Waals surface area contributed by atoms with Crippen molar-refractivity contribution in [2.45, 2.75) is 32.0 Å². The normalized spacial score (nSPS) is 15.9. The van der Waals surface area contributed by atoms with Gasteiger partial charge in [-0.25, -0.2) is 9.67 Å². The lowest BCUT2D eigenvalue weighted by molar-refractivity contribution is -0.115. The third-order valence-corrected chi connectivity index (χ3v) is 4.47. The molecule has 9 heteroatoms. The van der Waals surface area contributed by atoms with Crippen LogP contribution in [0.5, 0.6) is 0 Å². The van der Waals surface area contributed by atoms with Gasteiger partial charge >= 0.3 is 0 Å². The lowest BCUT2D eigenvalue weighted by atomic mass is 10.1. The quantitative estimate of drug-likeness (QED) is 0.374. The molecule has 2 aromatic rings. The zero-order valence-electron chi connectivity index (χ0n) is 16.6. The molecular weight excluding hydrogens is 370 g/mol. The summed E-state index contributed by atoms with van der Waals surface area (Å²) < 4.78 is 6.99.